The van der Waals surface area contributed by atoms with Crippen molar-refractivity contribution in [1.82, 2.24) is 0 Å². The number of carbonyl (C=O) groups is 1. The minimum Gasteiger partial charge on any atom is -0.466 e. The molecule has 0 amide bonds. The van der Waals surface area contributed by atoms with E-state index >= 15 is 0 Å². The largest absolute Gasteiger partial charge is 0.466 e. The summed E-state index contributed by atoms with van der Waals surface area (Å²) in [7, 11) is 1.45. The molecule has 0 spiro atoms. The first-order valence-electron chi connectivity index (χ1n) is 11.5. The van der Waals surface area contributed by atoms with Crippen LogP contribution in [0.25, 0.3) is 0 Å². The molecule has 158 valence electrons. The average Bonchev–Trinajstić information content (AvgIpc) is 2.59. The summed E-state index contributed by atoms with van der Waals surface area (Å²) in [4.78, 5) is 11.6. The zero-order valence-electron chi connectivity index (χ0n) is 19.4. The van der Waals surface area contributed by atoms with Gasteiger partial charge < -0.3 is 4.74 Å². The van der Waals surface area contributed by atoms with Gasteiger partial charge in [0.25, 0.3) is 0 Å². The van der Waals surface area contributed by atoms with E-state index in [-0.39, 0.29) is 5.97 Å². The first-order valence-corrected chi connectivity index (χ1v) is 11.5. The number of carbonyl (C=O) groups excluding carboxylic acids is 1. The molecule has 0 unspecified atom stereocenters. The summed E-state index contributed by atoms with van der Waals surface area (Å²) in [5, 5.41) is 0. The molecule has 0 aromatic rings. The second kappa shape index (κ2) is 7.65. The molecule has 2 fully saturated rings. The third-order valence-electron chi connectivity index (χ3n) is 9.25. The van der Waals surface area contributed by atoms with Gasteiger partial charge in [0.2, 0.25) is 0 Å². The molecule has 0 N–H and O–H groups in total. The van der Waals surface area contributed by atoms with Crippen LogP contribution in [0.1, 0.15) is 92.9 Å². The van der Waals surface area contributed by atoms with Crippen molar-refractivity contribution in [3.63, 3.8) is 0 Å². The van der Waals surface area contributed by atoms with Crippen molar-refractivity contribution in [3.8, 4) is 0 Å². The monoisotopic (exact) mass is 386 g/mol. The van der Waals surface area contributed by atoms with Gasteiger partial charge in [-0.1, -0.05) is 51.3 Å². The normalized spacial score (nSPS) is 40.2. The van der Waals surface area contributed by atoms with Gasteiger partial charge in [0.15, 0.2) is 0 Å². The minimum atomic E-state index is -0.227. The van der Waals surface area contributed by atoms with Crippen molar-refractivity contribution in [2.75, 3.05) is 7.11 Å². The lowest BCUT2D eigenvalue weighted by atomic mass is 9.39. The molecule has 2 heteroatoms. The smallest absolute Gasteiger partial charge is 0.330 e. The molecule has 3 aliphatic carbocycles. The molecule has 3 aliphatic rings. The summed E-state index contributed by atoms with van der Waals surface area (Å²) >= 11 is 0. The maximum Gasteiger partial charge on any atom is 0.330 e. The molecule has 0 radical (unpaired) electrons. The van der Waals surface area contributed by atoms with Gasteiger partial charge in [-0.15, -0.1) is 0 Å². The van der Waals surface area contributed by atoms with Crippen LogP contribution in [0.5, 0.6) is 0 Å². The third kappa shape index (κ3) is 3.61. The van der Waals surface area contributed by atoms with Gasteiger partial charge in [-0.3, -0.25) is 0 Å². The molecule has 0 bridgehead atoms. The van der Waals surface area contributed by atoms with E-state index < -0.39 is 0 Å². The van der Waals surface area contributed by atoms with E-state index in [1.165, 1.54) is 45.6 Å². The standard InChI is InChI=1S/C26H42O2/c1-18(17-23(27)28-7)9-11-20-19(2)10-12-22-25(20,5)16-13-21-24(3,4)14-8-15-26(21,22)6/h10,17,20-22H,8-9,11-16H2,1-7H3/b18-17-/t20-,21+,22-,25-,26-/m0/s1. The minimum absolute atomic E-state index is 0.227. The molecule has 0 aliphatic heterocycles. The number of fused-ring (bicyclic) bond motifs is 3. The molecule has 2 nitrogen and oxygen atoms in total. The van der Waals surface area contributed by atoms with Gasteiger partial charge in [-0.05, 0) is 92.8 Å². The molecule has 3 rings (SSSR count). The lowest BCUT2D eigenvalue weighted by Gasteiger charge is -2.65. The maximum atomic E-state index is 11.6. The number of ether oxygens (including phenoxy) is 1. The Kier molecular flexibility index (Phi) is 5.92. The van der Waals surface area contributed by atoms with E-state index in [1.807, 2.05) is 0 Å². The molecular formula is C26H42O2. The lowest BCUT2D eigenvalue weighted by molar-refractivity contribution is -0.145. The topological polar surface area (TPSA) is 26.3 Å². The van der Waals surface area contributed by atoms with Crippen molar-refractivity contribution in [3.05, 3.63) is 23.3 Å². The molecular weight excluding hydrogens is 344 g/mol. The summed E-state index contributed by atoms with van der Waals surface area (Å²) in [6, 6.07) is 0. The van der Waals surface area contributed by atoms with Crippen LogP contribution < -0.4 is 0 Å². The fourth-order valence-corrected chi connectivity index (χ4v) is 7.87. The molecule has 0 aromatic heterocycles. The maximum absolute atomic E-state index is 11.6. The highest BCUT2D eigenvalue weighted by molar-refractivity contribution is 5.82. The summed E-state index contributed by atoms with van der Waals surface area (Å²) < 4.78 is 4.80. The van der Waals surface area contributed by atoms with Gasteiger partial charge in [-0.25, -0.2) is 4.79 Å². The van der Waals surface area contributed by atoms with Crippen LogP contribution in [0.4, 0.5) is 0 Å². The summed E-state index contributed by atoms with van der Waals surface area (Å²) in [6.07, 6.45) is 14.6. The second-order valence-electron chi connectivity index (χ2n) is 11.3. The SMILES string of the molecule is COC(=O)/C=C(/C)CC[C@H]1C(C)=CC[C@@H]2[C@@]3(C)CCCC(C)(C)[C@H]3CC[C@]21C. The quantitative estimate of drug-likeness (QED) is 0.292. The van der Waals surface area contributed by atoms with Gasteiger partial charge in [0.05, 0.1) is 7.11 Å². The van der Waals surface area contributed by atoms with Crippen molar-refractivity contribution in [2.24, 2.45) is 34.0 Å². The van der Waals surface area contributed by atoms with Gasteiger partial charge >= 0.3 is 5.97 Å². The Morgan fingerprint density at radius 1 is 1.14 bits per heavy atom. The van der Waals surface area contributed by atoms with Gasteiger partial charge in [0.1, 0.15) is 0 Å². The Labute approximate surface area is 173 Å². The van der Waals surface area contributed by atoms with Crippen molar-refractivity contribution >= 4 is 5.97 Å². The number of hydrogen-bond donors (Lipinski definition) is 0. The van der Waals surface area contributed by atoms with E-state index in [0.717, 1.165) is 30.3 Å². The van der Waals surface area contributed by atoms with Crippen LogP contribution in [-0.4, -0.2) is 13.1 Å². The first-order chi connectivity index (χ1) is 13.0. The van der Waals surface area contributed by atoms with Crippen LogP contribution in [-0.2, 0) is 9.53 Å². The van der Waals surface area contributed by atoms with Crippen molar-refractivity contribution in [2.45, 2.75) is 92.9 Å². The molecule has 0 aromatic carbocycles. The number of allylic oxidation sites excluding steroid dienone is 3. The number of esters is 1. The number of rotatable bonds is 4. The Hall–Kier alpha value is -1.05. The highest BCUT2D eigenvalue weighted by atomic mass is 16.5. The molecule has 0 heterocycles. The van der Waals surface area contributed by atoms with Crippen molar-refractivity contribution < 1.29 is 9.53 Å². The fourth-order valence-electron chi connectivity index (χ4n) is 7.87. The first kappa shape index (κ1) is 21.7. The van der Waals surface area contributed by atoms with Crippen molar-refractivity contribution in [1.29, 1.82) is 0 Å². The molecule has 5 atom stereocenters. The Bertz CT molecular complexity index is 670. The average molecular weight is 387 g/mol. The fraction of sp³-hybridized carbons (Fsp3) is 0.808. The summed E-state index contributed by atoms with van der Waals surface area (Å²) in [5.74, 6) is 2.06. The molecule has 28 heavy (non-hydrogen) atoms. The molecule has 2 saturated carbocycles. The van der Waals surface area contributed by atoms with Crippen LogP contribution >= 0.6 is 0 Å². The van der Waals surface area contributed by atoms with Crippen LogP contribution in [0.15, 0.2) is 23.3 Å². The molecule has 0 saturated heterocycles. The van der Waals surface area contributed by atoms with E-state index in [0.29, 0.717) is 22.2 Å². The highest BCUT2D eigenvalue weighted by Gasteiger charge is 2.60. The van der Waals surface area contributed by atoms with Crippen LogP contribution in [0, 0.1) is 34.0 Å². The highest BCUT2D eigenvalue weighted by Crippen LogP contribution is 2.68. The third-order valence-corrected chi connectivity index (χ3v) is 9.25. The predicted octanol–water partition coefficient (Wildman–Crippen LogP) is 7.10. The zero-order chi connectivity index (χ0) is 20.7. The van der Waals surface area contributed by atoms with Gasteiger partial charge in [0, 0.05) is 6.08 Å². The van der Waals surface area contributed by atoms with E-state index in [2.05, 4.69) is 47.6 Å². The zero-order valence-corrected chi connectivity index (χ0v) is 19.4. The summed E-state index contributed by atoms with van der Waals surface area (Å²) in [6.45, 7) is 14.7. The summed E-state index contributed by atoms with van der Waals surface area (Å²) in [5.41, 5.74) is 4.08. The Morgan fingerprint density at radius 3 is 2.54 bits per heavy atom. The van der Waals surface area contributed by atoms with Gasteiger partial charge in [-0.2, -0.15) is 0 Å². The number of hydrogen-bond acceptors (Lipinski definition) is 2. The predicted molar refractivity (Wildman–Crippen MR) is 117 cm³/mol. The van der Waals surface area contributed by atoms with Crippen LogP contribution in [0.2, 0.25) is 0 Å². The van der Waals surface area contributed by atoms with E-state index in [4.69, 9.17) is 4.74 Å². The Balaban J connectivity index is 1.85. The van der Waals surface area contributed by atoms with E-state index in [1.54, 1.807) is 11.6 Å². The Morgan fingerprint density at radius 2 is 1.86 bits per heavy atom. The second-order valence-corrected chi connectivity index (χ2v) is 11.3. The van der Waals surface area contributed by atoms with Crippen LogP contribution in [0.3, 0.4) is 0 Å². The lowest BCUT2D eigenvalue weighted by Crippen LogP contribution is -2.57. The van der Waals surface area contributed by atoms with E-state index in [9.17, 15) is 4.79 Å². The number of methoxy groups -OCH3 is 1.